The molecule has 1 aromatic heterocycles. The molecule has 160 valence electrons. The number of hydrogen-bond acceptors (Lipinski definition) is 5. The molecule has 9 nitrogen and oxygen atoms in total. The Kier molecular flexibility index (Phi) is 5.53. The quantitative estimate of drug-likeness (QED) is 0.274. The van der Waals surface area contributed by atoms with E-state index in [0.717, 1.165) is 0 Å². The van der Waals surface area contributed by atoms with Gasteiger partial charge >= 0.3 is 6.03 Å². The molecule has 3 N–H and O–H groups in total. The molecule has 0 radical (unpaired) electrons. The summed E-state index contributed by atoms with van der Waals surface area (Å²) in [7, 11) is 0. The average Bonchev–Trinajstić information content (AvgIpc) is 2.86. The van der Waals surface area contributed by atoms with Gasteiger partial charge in [-0.25, -0.2) is 27.3 Å². The van der Waals surface area contributed by atoms with Crippen molar-refractivity contribution in [2.75, 3.05) is 6.61 Å². The normalized spacial score (nSPS) is 15.9. The van der Waals surface area contributed by atoms with E-state index in [0.29, 0.717) is 22.6 Å². The van der Waals surface area contributed by atoms with E-state index in [1.54, 1.807) is 0 Å². The van der Waals surface area contributed by atoms with Crippen molar-refractivity contribution in [3.05, 3.63) is 57.6 Å². The SMILES string of the molecule is Cc1c(C)[n+]([O-])c([C@H](c2cc(F)c(F)c(F)c2)C2C(=O)NC(=O)NC2=O)n1CCO. The van der Waals surface area contributed by atoms with Gasteiger partial charge in [-0.1, -0.05) is 0 Å². The van der Waals surface area contributed by atoms with Gasteiger partial charge in [-0.3, -0.25) is 20.2 Å². The van der Waals surface area contributed by atoms with E-state index in [2.05, 4.69) is 0 Å². The molecule has 1 aliphatic rings. The number of imide groups is 2. The number of hydrogen-bond donors (Lipinski definition) is 3. The van der Waals surface area contributed by atoms with Gasteiger partial charge in [-0.15, -0.1) is 0 Å². The number of aliphatic hydroxyl groups excluding tert-OH is 1. The van der Waals surface area contributed by atoms with E-state index in [4.69, 9.17) is 0 Å². The first-order valence-electron chi connectivity index (χ1n) is 8.78. The van der Waals surface area contributed by atoms with Gasteiger partial charge in [0.25, 0.3) is 5.82 Å². The fraction of sp³-hybridized carbons (Fsp3) is 0.333. The number of aromatic nitrogens is 2. The van der Waals surface area contributed by atoms with Gasteiger partial charge < -0.3 is 10.3 Å². The zero-order valence-corrected chi connectivity index (χ0v) is 15.8. The number of carbonyl (C=O) groups excluding carboxylic acids is 3. The second kappa shape index (κ2) is 7.78. The van der Waals surface area contributed by atoms with Crippen LogP contribution in [0.15, 0.2) is 12.1 Å². The van der Waals surface area contributed by atoms with Crippen molar-refractivity contribution in [1.82, 2.24) is 15.2 Å². The Morgan fingerprint density at radius 3 is 2.17 bits per heavy atom. The van der Waals surface area contributed by atoms with Crippen molar-refractivity contribution < 1.29 is 37.4 Å². The van der Waals surface area contributed by atoms with E-state index >= 15 is 0 Å². The van der Waals surface area contributed by atoms with E-state index in [-0.39, 0.29) is 23.6 Å². The van der Waals surface area contributed by atoms with Gasteiger partial charge in [-0.05, 0) is 17.7 Å². The number of barbiturate groups is 1. The number of imidazole rings is 1. The van der Waals surface area contributed by atoms with Gasteiger partial charge in [-0.2, -0.15) is 0 Å². The van der Waals surface area contributed by atoms with Crippen molar-refractivity contribution in [1.29, 1.82) is 0 Å². The molecule has 4 amide bonds. The Morgan fingerprint density at radius 1 is 1.13 bits per heavy atom. The molecular weight excluding hydrogens is 409 g/mol. The Bertz CT molecular complexity index is 1030. The van der Waals surface area contributed by atoms with Crippen molar-refractivity contribution in [3.8, 4) is 0 Å². The van der Waals surface area contributed by atoms with E-state index in [1.165, 1.54) is 18.4 Å². The van der Waals surface area contributed by atoms with E-state index < -0.39 is 53.7 Å². The summed E-state index contributed by atoms with van der Waals surface area (Å²) in [6.07, 6.45) is 0. The molecule has 0 saturated carbocycles. The number of benzene rings is 1. The van der Waals surface area contributed by atoms with Crippen molar-refractivity contribution >= 4 is 17.8 Å². The highest BCUT2D eigenvalue weighted by atomic mass is 19.2. The average molecular weight is 426 g/mol. The third-order valence-electron chi connectivity index (χ3n) is 5.06. The number of rotatable bonds is 5. The summed E-state index contributed by atoms with van der Waals surface area (Å²) in [6.45, 7) is 2.42. The first-order valence-corrected chi connectivity index (χ1v) is 8.78. The highest BCUT2D eigenvalue weighted by molar-refractivity contribution is 6.16. The maximum Gasteiger partial charge on any atom is 0.328 e. The monoisotopic (exact) mass is 426 g/mol. The van der Waals surface area contributed by atoms with Crippen LogP contribution < -0.4 is 15.4 Å². The molecule has 2 heterocycles. The Labute approximate surface area is 167 Å². The van der Waals surface area contributed by atoms with Crippen LogP contribution >= 0.6 is 0 Å². The fourth-order valence-corrected chi connectivity index (χ4v) is 3.55. The Morgan fingerprint density at radius 2 is 1.67 bits per heavy atom. The smallest absolute Gasteiger partial charge is 0.328 e. The van der Waals surface area contributed by atoms with Gasteiger partial charge in [0.05, 0.1) is 6.61 Å². The number of carbonyl (C=O) groups is 3. The fourth-order valence-electron chi connectivity index (χ4n) is 3.55. The lowest BCUT2D eigenvalue weighted by atomic mass is 9.82. The minimum Gasteiger partial charge on any atom is -0.711 e. The lowest BCUT2D eigenvalue weighted by molar-refractivity contribution is -0.621. The van der Waals surface area contributed by atoms with Crippen LogP contribution in [0.3, 0.4) is 0 Å². The molecular formula is C18H17F3N4O5. The minimum absolute atomic E-state index is 0.130. The summed E-state index contributed by atoms with van der Waals surface area (Å²) in [6, 6.07) is 0.0479. The predicted octanol–water partition coefficient (Wildman–Crippen LogP) is 0.262. The van der Waals surface area contributed by atoms with Crippen molar-refractivity contribution in [2.24, 2.45) is 5.92 Å². The summed E-state index contributed by atoms with van der Waals surface area (Å²) in [5, 5.41) is 26.0. The lowest BCUT2D eigenvalue weighted by Crippen LogP contribution is -2.58. The zero-order chi connectivity index (χ0) is 22.3. The van der Waals surface area contributed by atoms with Gasteiger partial charge in [0.1, 0.15) is 29.8 Å². The largest absolute Gasteiger partial charge is 0.711 e. The first-order chi connectivity index (χ1) is 14.1. The summed E-state index contributed by atoms with van der Waals surface area (Å²) in [4.78, 5) is 36.4. The third-order valence-corrected chi connectivity index (χ3v) is 5.06. The summed E-state index contributed by atoms with van der Waals surface area (Å²) in [5.41, 5.74) is 0.145. The number of nitrogens with one attached hydrogen (secondary N) is 2. The summed E-state index contributed by atoms with van der Waals surface area (Å²) >= 11 is 0. The third kappa shape index (κ3) is 3.38. The second-order valence-electron chi connectivity index (χ2n) is 6.76. The minimum atomic E-state index is -1.78. The zero-order valence-electron chi connectivity index (χ0n) is 15.8. The number of nitrogens with zero attached hydrogens (tertiary/aromatic N) is 2. The van der Waals surface area contributed by atoms with Crippen LogP contribution in [0.25, 0.3) is 0 Å². The number of aliphatic hydroxyl groups is 1. The molecule has 0 unspecified atom stereocenters. The lowest BCUT2D eigenvalue weighted by Gasteiger charge is -2.27. The van der Waals surface area contributed by atoms with E-state index in [1.807, 2.05) is 10.6 Å². The molecule has 1 aromatic carbocycles. The predicted molar refractivity (Wildman–Crippen MR) is 93.3 cm³/mol. The number of halogens is 3. The molecule has 30 heavy (non-hydrogen) atoms. The first kappa shape index (κ1) is 21.3. The van der Waals surface area contributed by atoms with Crippen LogP contribution in [-0.2, 0) is 16.1 Å². The molecule has 0 spiro atoms. The van der Waals surface area contributed by atoms with Crippen LogP contribution in [-0.4, -0.2) is 34.1 Å². The molecule has 12 heteroatoms. The summed E-state index contributed by atoms with van der Waals surface area (Å²) < 4.78 is 43.1. The topological polar surface area (TPSA) is 127 Å². The Hall–Kier alpha value is -3.41. The van der Waals surface area contributed by atoms with Gasteiger partial charge in [0.15, 0.2) is 17.5 Å². The number of amides is 4. The van der Waals surface area contributed by atoms with Crippen LogP contribution in [0.1, 0.15) is 28.7 Å². The molecule has 2 aromatic rings. The molecule has 3 rings (SSSR count). The molecule has 1 saturated heterocycles. The molecule has 1 aliphatic heterocycles. The maximum absolute atomic E-state index is 14.0. The highest BCUT2D eigenvalue weighted by Crippen LogP contribution is 2.35. The molecule has 0 bridgehead atoms. The maximum atomic E-state index is 14.0. The molecule has 1 atom stereocenters. The highest BCUT2D eigenvalue weighted by Gasteiger charge is 2.47. The second-order valence-corrected chi connectivity index (χ2v) is 6.76. The Balaban J connectivity index is 2.32. The van der Waals surface area contributed by atoms with Crippen LogP contribution in [0.2, 0.25) is 0 Å². The molecule has 1 fully saturated rings. The van der Waals surface area contributed by atoms with Crippen LogP contribution in [0.5, 0.6) is 0 Å². The van der Waals surface area contributed by atoms with Crippen LogP contribution in [0, 0.1) is 42.4 Å². The molecule has 0 aliphatic carbocycles. The summed E-state index contributed by atoms with van der Waals surface area (Å²) in [5.74, 6) is -10.8. The van der Waals surface area contributed by atoms with Crippen molar-refractivity contribution in [2.45, 2.75) is 26.3 Å². The van der Waals surface area contributed by atoms with Crippen molar-refractivity contribution in [3.63, 3.8) is 0 Å². The standard InChI is InChI=1S/C18H17F3N4O5/c1-7-8(2)25(30)17(24(7)3-4-26)12(9-5-10(19)14(21)11(20)6-9)13-15(27)22-18(29)23-16(13)28/h5-6,12-13,26H,3-4H2,1-2H3,(H2,22,23,27,28,29)/t12-/m1/s1. The number of urea groups is 1. The van der Waals surface area contributed by atoms with Gasteiger partial charge in [0, 0.05) is 13.8 Å². The van der Waals surface area contributed by atoms with Gasteiger partial charge in [0.2, 0.25) is 11.8 Å². The van der Waals surface area contributed by atoms with E-state index in [9.17, 15) is 37.9 Å². The van der Waals surface area contributed by atoms with Crippen LogP contribution in [0.4, 0.5) is 18.0 Å².